The highest BCUT2D eigenvalue weighted by Gasteiger charge is 2.18. The Bertz CT molecular complexity index is 195. The number of aliphatic imine (C=N–C) groups is 1. The minimum atomic E-state index is 0.670. The summed E-state index contributed by atoms with van der Waals surface area (Å²) < 4.78 is 0. The summed E-state index contributed by atoms with van der Waals surface area (Å²) in [6, 6.07) is 0. The Morgan fingerprint density at radius 3 is 3.07 bits per heavy atom. The summed E-state index contributed by atoms with van der Waals surface area (Å²) >= 11 is 2.01. The minimum absolute atomic E-state index is 0.670. The maximum atomic E-state index is 5.46. The van der Waals surface area contributed by atoms with Gasteiger partial charge in [0.1, 0.15) is 0 Å². The molecular formula is C9H20N4S. The summed E-state index contributed by atoms with van der Waals surface area (Å²) in [5.41, 5.74) is 2.69. The molecular weight excluding hydrogens is 196 g/mol. The quantitative estimate of drug-likeness (QED) is 0.308. The molecule has 1 saturated heterocycles. The third kappa shape index (κ3) is 3.38. The first-order valence-corrected chi connectivity index (χ1v) is 6.20. The highest BCUT2D eigenvalue weighted by molar-refractivity contribution is 7.99. The fraction of sp³-hybridized carbons (Fsp3) is 0.889. The van der Waals surface area contributed by atoms with Crippen LogP contribution in [0.2, 0.25) is 0 Å². The van der Waals surface area contributed by atoms with Gasteiger partial charge in [0.25, 0.3) is 0 Å². The number of hydrogen-bond acceptors (Lipinski definition) is 3. The van der Waals surface area contributed by atoms with Gasteiger partial charge in [0.05, 0.1) is 0 Å². The number of guanidine groups is 1. The maximum Gasteiger partial charge on any atom is 0.208 e. The topological polar surface area (TPSA) is 53.6 Å². The second-order valence-corrected chi connectivity index (χ2v) is 5.02. The van der Waals surface area contributed by atoms with Crippen molar-refractivity contribution in [1.29, 1.82) is 0 Å². The van der Waals surface area contributed by atoms with Crippen LogP contribution >= 0.6 is 11.8 Å². The Balaban J connectivity index is 2.50. The SMILES string of the molecule is CCCN=C(NN)N1CCSC(C)C1. The van der Waals surface area contributed by atoms with Crippen LogP contribution in [0, 0.1) is 0 Å². The van der Waals surface area contributed by atoms with Crippen molar-refractivity contribution in [3.63, 3.8) is 0 Å². The van der Waals surface area contributed by atoms with Crippen molar-refractivity contribution < 1.29 is 0 Å². The van der Waals surface area contributed by atoms with Gasteiger partial charge in [0.2, 0.25) is 5.96 Å². The molecule has 0 saturated carbocycles. The molecule has 1 heterocycles. The van der Waals surface area contributed by atoms with Crippen LogP contribution in [-0.4, -0.2) is 41.5 Å². The van der Waals surface area contributed by atoms with Crippen molar-refractivity contribution in [3.8, 4) is 0 Å². The molecule has 0 aliphatic carbocycles. The van der Waals surface area contributed by atoms with E-state index in [1.165, 1.54) is 0 Å². The first-order chi connectivity index (χ1) is 6.77. The molecule has 0 aromatic heterocycles. The highest BCUT2D eigenvalue weighted by atomic mass is 32.2. The first kappa shape index (κ1) is 11.7. The Hall–Kier alpha value is -0.420. The van der Waals surface area contributed by atoms with Crippen molar-refractivity contribution >= 4 is 17.7 Å². The largest absolute Gasteiger partial charge is 0.340 e. The number of hydrogen-bond donors (Lipinski definition) is 2. The molecule has 1 rings (SSSR count). The van der Waals surface area contributed by atoms with Gasteiger partial charge in [-0.1, -0.05) is 13.8 Å². The summed E-state index contributed by atoms with van der Waals surface area (Å²) in [7, 11) is 0. The number of nitrogens with zero attached hydrogens (tertiary/aromatic N) is 2. The van der Waals surface area contributed by atoms with E-state index in [9.17, 15) is 0 Å². The summed E-state index contributed by atoms with van der Waals surface area (Å²) in [6.07, 6.45) is 1.06. The van der Waals surface area contributed by atoms with Crippen molar-refractivity contribution in [2.24, 2.45) is 10.8 Å². The molecule has 82 valence electrons. The van der Waals surface area contributed by atoms with Crippen LogP contribution in [0.4, 0.5) is 0 Å². The second kappa shape index (κ2) is 6.14. The van der Waals surface area contributed by atoms with Gasteiger partial charge in [-0.05, 0) is 6.42 Å². The highest BCUT2D eigenvalue weighted by Crippen LogP contribution is 2.17. The molecule has 0 amide bonds. The summed E-state index contributed by atoms with van der Waals surface area (Å²) in [6.45, 7) is 7.29. The predicted molar refractivity (Wildman–Crippen MR) is 63.4 cm³/mol. The lowest BCUT2D eigenvalue weighted by molar-refractivity contribution is 0.418. The predicted octanol–water partition coefficient (Wildman–Crippen LogP) is 0.653. The lowest BCUT2D eigenvalue weighted by Gasteiger charge is -2.32. The smallest absolute Gasteiger partial charge is 0.208 e. The summed E-state index contributed by atoms with van der Waals surface area (Å²) in [4.78, 5) is 6.65. The molecule has 1 fully saturated rings. The Kier molecular flexibility index (Phi) is 5.11. The van der Waals surface area contributed by atoms with Gasteiger partial charge < -0.3 is 4.90 Å². The minimum Gasteiger partial charge on any atom is -0.340 e. The molecule has 0 aromatic carbocycles. The van der Waals surface area contributed by atoms with E-state index in [1.54, 1.807) is 0 Å². The van der Waals surface area contributed by atoms with Gasteiger partial charge in [-0.2, -0.15) is 11.8 Å². The number of rotatable bonds is 2. The van der Waals surface area contributed by atoms with E-state index in [4.69, 9.17) is 5.84 Å². The van der Waals surface area contributed by atoms with Crippen molar-refractivity contribution in [3.05, 3.63) is 0 Å². The average molecular weight is 216 g/mol. The number of hydrazine groups is 1. The molecule has 3 N–H and O–H groups in total. The Morgan fingerprint density at radius 1 is 1.71 bits per heavy atom. The van der Waals surface area contributed by atoms with Crippen LogP contribution in [-0.2, 0) is 0 Å². The van der Waals surface area contributed by atoms with Crippen LogP contribution in [0.1, 0.15) is 20.3 Å². The molecule has 5 heteroatoms. The van der Waals surface area contributed by atoms with Crippen molar-refractivity contribution in [1.82, 2.24) is 10.3 Å². The molecule has 1 aliphatic heterocycles. The molecule has 14 heavy (non-hydrogen) atoms. The van der Waals surface area contributed by atoms with Crippen molar-refractivity contribution in [2.45, 2.75) is 25.5 Å². The summed E-state index contributed by atoms with van der Waals surface area (Å²) in [5, 5.41) is 0.670. The molecule has 4 nitrogen and oxygen atoms in total. The van der Waals surface area contributed by atoms with Crippen LogP contribution in [0.3, 0.4) is 0 Å². The van der Waals surface area contributed by atoms with E-state index >= 15 is 0 Å². The average Bonchev–Trinajstić information content (AvgIpc) is 2.19. The van der Waals surface area contributed by atoms with Crippen LogP contribution in [0.5, 0.6) is 0 Å². The summed E-state index contributed by atoms with van der Waals surface area (Å²) in [5.74, 6) is 7.47. The van der Waals surface area contributed by atoms with Crippen LogP contribution in [0.15, 0.2) is 4.99 Å². The fourth-order valence-electron chi connectivity index (χ4n) is 1.47. The second-order valence-electron chi connectivity index (χ2n) is 3.48. The van der Waals surface area contributed by atoms with Gasteiger partial charge in [0.15, 0.2) is 0 Å². The van der Waals surface area contributed by atoms with E-state index in [0.717, 1.165) is 37.8 Å². The first-order valence-electron chi connectivity index (χ1n) is 5.15. The van der Waals surface area contributed by atoms with E-state index in [0.29, 0.717) is 5.25 Å². The molecule has 1 unspecified atom stereocenters. The molecule has 1 aliphatic rings. The third-order valence-electron chi connectivity index (χ3n) is 2.15. The lowest BCUT2D eigenvalue weighted by atomic mass is 10.4. The normalized spacial score (nSPS) is 23.8. The van der Waals surface area contributed by atoms with Gasteiger partial charge in [-0.15, -0.1) is 0 Å². The lowest BCUT2D eigenvalue weighted by Crippen LogP contribution is -2.49. The van der Waals surface area contributed by atoms with E-state index in [2.05, 4.69) is 29.2 Å². The zero-order chi connectivity index (χ0) is 10.4. The van der Waals surface area contributed by atoms with Crippen LogP contribution < -0.4 is 11.3 Å². The van der Waals surface area contributed by atoms with Gasteiger partial charge >= 0.3 is 0 Å². The number of nitrogens with one attached hydrogen (secondary N) is 1. The van der Waals surface area contributed by atoms with Gasteiger partial charge in [-0.3, -0.25) is 10.4 Å². The zero-order valence-electron chi connectivity index (χ0n) is 8.99. The zero-order valence-corrected chi connectivity index (χ0v) is 9.81. The fourth-order valence-corrected chi connectivity index (χ4v) is 2.48. The molecule has 0 radical (unpaired) electrons. The monoisotopic (exact) mass is 216 g/mol. The van der Waals surface area contributed by atoms with Crippen molar-refractivity contribution in [2.75, 3.05) is 25.4 Å². The molecule has 0 spiro atoms. The van der Waals surface area contributed by atoms with Crippen LogP contribution in [0.25, 0.3) is 0 Å². The van der Waals surface area contributed by atoms with E-state index < -0.39 is 0 Å². The molecule has 0 bridgehead atoms. The van der Waals surface area contributed by atoms with E-state index in [-0.39, 0.29) is 0 Å². The van der Waals surface area contributed by atoms with Gasteiger partial charge in [-0.25, -0.2) is 5.84 Å². The molecule has 0 aromatic rings. The Labute approximate surface area is 90.3 Å². The molecule has 1 atom stereocenters. The van der Waals surface area contributed by atoms with Gasteiger partial charge in [0, 0.05) is 30.6 Å². The third-order valence-corrected chi connectivity index (χ3v) is 3.29. The standard InChI is InChI=1S/C9H20N4S/c1-3-4-11-9(12-10)13-5-6-14-8(2)7-13/h8H,3-7,10H2,1-2H3,(H,11,12). The number of nitrogens with two attached hydrogens (primary N) is 1. The Morgan fingerprint density at radius 2 is 2.50 bits per heavy atom. The van der Waals surface area contributed by atoms with E-state index in [1.807, 2.05) is 11.8 Å². The number of thioether (sulfide) groups is 1. The maximum absolute atomic E-state index is 5.46.